The maximum absolute atomic E-state index is 13.1. The number of piperidine rings is 1. The van der Waals surface area contributed by atoms with Crippen molar-refractivity contribution in [1.29, 1.82) is 0 Å². The molecule has 1 heterocycles. The van der Waals surface area contributed by atoms with E-state index in [1.807, 2.05) is 0 Å². The quantitative estimate of drug-likeness (QED) is 0.877. The molecule has 0 unspecified atom stereocenters. The third-order valence-corrected chi connectivity index (χ3v) is 4.10. The van der Waals surface area contributed by atoms with Crippen LogP contribution in [-0.2, 0) is 4.79 Å². The Labute approximate surface area is 133 Å². The van der Waals surface area contributed by atoms with Gasteiger partial charge in [0.15, 0.2) is 0 Å². The Bertz CT molecular complexity index is 564. The van der Waals surface area contributed by atoms with Crippen molar-refractivity contribution in [2.24, 2.45) is 5.92 Å². The normalized spacial score (nSPS) is 17.0. The number of benzene rings is 1. The number of aliphatic hydroxyl groups excluding tert-OH is 1. The average Bonchev–Trinajstić information content (AvgIpc) is 2.51. The first-order chi connectivity index (χ1) is 10.9. The Morgan fingerprint density at radius 1 is 1.26 bits per heavy atom. The SMILES string of the molecule is C[C@H](O)C1CCN(C(=O)CNC(=O)c2cc(F)cc(F)c2)CC1. The van der Waals surface area contributed by atoms with Crippen molar-refractivity contribution in [3.8, 4) is 0 Å². The fraction of sp³-hybridized carbons (Fsp3) is 0.500. The van der Waals surface area contributed by atoms with Crippen LogP contribution in [0.4, 0.5) is 8.78 Å². The number of rotatable bonds is 4. The summed E-state index contributed by atoms with van der Waals surface area (Å²) in [5, 5.41) is 11.9. The summed E-state index contributed by atoms with van der Waals surface area (Å²) in [5.41, 5.74) is -0.164. The Balaban J connectivity index is 1.83. The molecule has 1 aromatic rings. The molecule has 1 aliphatic heterocycles. The van der Waals surface area contributed by atoms with Crippen LogP contribution in [0.5, 0.6) is 0 Å². The number of likely N-dealkylation sites (tertiary alicyclic amines) is 1. The van der Waals surface area contributed by atoms with Crippen LogP contribution in [0, 0.1) is 17.6 Å². The molecule has 0 aromatic heterocycles. The maximum atomic E-state index is 13.1. The molecule has 2 amide bonds. The lowest BCUT2D eigenvalue weighted by molar-refractivity contribution is -0.132. The van der Waals surface area contributed by atoms with Gasteiger partial charge in [0, 0.05) is 24.7 Å². The minimum atomic E-state index is -0.846. The summed E-state index contributed by atoms with van der Waals surface area (Å²) >= 11 is 0. The molecule has 0 aliphatic carbocycles. The fourth-order valence-electron chi connectivity index (χ4n) is 2.69. The number of nitrogens with zero attached hydrogens (tertiary/aromatic N) is 1. The van der Waals surface area contributed by atoms with Crippen LogP contribution in [0.2, 0.25) is 0 Å². The third-order valence-electron chi connectivity index (χ3n) is 4.10. The van der Waals surface area contributed by atoms with Gasteiger partial charge in [-0.25, -0.2) is 8.78 Å². The molecule has 1 aliphatic rings. The minimum Gasteiger partial charge on any atom is -0.393 e. The Morgan fingerprint density at radius 2 is 1.83 bits per heavy atom. The largest absolute Gasteiger partial charge is 0.393 e. The summed E-state index contributed by atoms with van der Waals surface area (Å²) in [6, 6.07) is 2.50. The van der Waals surface area contributed by atoms with E-state index in [1.165, 1.54) is 0 Å². The van der Waals surface area contributed by atoms with E-state index in [9.17, 15) is 23.5 Å². The van der Waals surface area contributed by atoms with Gasteiger partial charge in [-0.15, -0.1) is 0 Å². The van der Waals surface area contributed by atoms with Crippen LogP contribution in [0.25, 0.3) is 0 Å². The molecule has 1 saturated heterocycles. The number of halogens is 2. The van der Waals surface area contributed by atoms with Crippen molar-refractivity contribution in [1.82, 2.24) is 10.2 Å². The molecule has 2 N–H and O–H groups in total. The molecular weight excluding hydrogens is 306 g/mol. The lowest BCUT2D eigenvalue weighted by Crippen LogP contribution is -2.45. The van der Waals surface area contributed by atoms with E-state index in [1.54, 1.807) is 11.8 Å². The molecule has 7 heteroatoms. The molecule has 5 nitrogen and oxygen atoms in total. The number of hydrogen-bond donors (Lipinski definition) is 2. The zero-order valence-corrected chi connectivity index (χ0v) is 12.9. The fourth-order valence-corrected chi connectivity index (χ4v) is 2.69. The van der Waals surface area contributed by atoms with E-state index < -0.39 is 23.6 Å². The second kappa shape index (κ2) is 7.50. The van der Waals surface area contributed by atoms with Crippen molar-refractivity contribution < 1.29 is 23.5 Å². The summed E-state index contributed by atoms with van der Waals surface area (Å²) in [6.45, 7) is 2.56. The molecular formula is C16H20F2N2O3. The predicted octanol–water partition coefficient (Wildman–Crippen LogP) is 1.31. The summed E-state index contributed by atoms with van der Waals surface area (Å²) < 4.78 is 26.1. The van der Waals surface area contributed by atoms with Crippen LogP contribution in [0.1, 0.15) is 30.1 Å². The highest BCUT2D eigenvalue weighted by atomic mass is 19.1. The molecule has 0 bridgehead atoms. The van der Waals surface area contributed by atoms with Gasteiger partial charge in [-0.3, -0.25) is 9.59 Å². The van der Waals surface area contributed by atoms with Crippen molar-refractivity contribution in [2.45, 2.75) is 25.9 Å². The first kappa shape index (κ1) is 17.3. The third kappa shape index (κ3) is 4.72. The smallest absolute Gasteiger partial charge is 0.251 e. The molecule has 1 aromatic carbocycles. The molecule has 2 rings (SSSR count). The molecule has 23 heavy (non-hydrogen) atoms. The van der Waals surface area contributed by atoms with Gasteiger partial charge < -0.3 is 15.3 Å². The van der Waals surface area contributed by atoms with Gasteiger partial charge in [-0.1, -0.05) is 0 Å². The van der Waals surface area contributed by atoms with E-state index in [2.05, 4.69) is 5.32 Å². The lowest BCUT2D eigenvalue weighted by Gasteiger charge is -2.33. The van der Waals surface area contributed by atoms with Crippen LogP contribution >= 0.6 is 0 Å². The van der Waals surface area contributed by atoms with Gasteiger partial charge in [0.1, 0.15) is 11.6 Å². The molecule has 1 fully saturated rings. The van der Waals surface area contributed by atoms with Crippen molar-refractivity contribution in [2.75, 3.05) is 19.6 Å². The first-order valence-electron chi connectivity index (χ1n) is 7.57. The number of nitrogens with one attached hydrogen (secondary N) is 1. The zero-order chi connectivity index (χ0) is 17.0. The second-order valence-electron chi connectivity index (χ2n) is 5.80. The van der Waals surface area contributed by atoms with E-state index in [0.717, 1.165) is 12.1 Å². The lowest BCUT2D eigenvalue weighted by atomic mass is 9.92. The maximum Gasteiger partial charge on any atom is 0.251 e. The van der Waals surface area contributed by atoms with Gasteiger partial charge in [0.05, 0.1) is 12.6 Å². The second-order valence-corrected chi connectivity index (χ2v) is 5.80. The van der Waals surface area contributed by atoms with Gasteiger partial charge in [-0.2, -0.15) is 0 Å². The van der Waals surface area contributed by atoms with Crippen molar-refractivity contribution >= 4 is 11.8 Å². The van der Waals surface area contributed by atoms with E-state index in [-0.39, 0.29) is 23.9 Å². The summed E-state index contributed by atoms with van der Waals surface area (Å²) in [4.78, 5) is 25.5. The predicted molar refractivity (Wildman–Crippen MR) is 79.7 cm³/mol. The zero-order valence-electron chi connectivity index (χ0n) is 12.9. The van der Waals surface area contributed by atoms with Crippen LogP contribution in [-0.4, -0.2) is 47.6 Å². The van der Waals surface area contributed by atoms with Crippen LogP contribution < -0.4 is 5.32 Å². The summed E-state index contributed by atoms with van der Waals surface area (Å²) in [7, 11) is 0. The highest BCUT2D eigenvalue weighted by Crippen LogP contribution is 2.20. The van der Waals surface area contributed by atoms with Crippen molar-refractivity contribution in [3.05, 3.63) is 35.4 Å². The summed E-state index contributed by atoms with van der Waals surface area (Å²) in [6.07, 6.45) is 1.04. The molecule has 0 radical (unpaired) electrons. The molecule has 0 saturated carbocycles. The number of amides is 2. The van der Waals surface area contributed by atoms with Crippen LogP contribution in [0.3, 0.4) is 0 Å². The van der Waals surface area contributed by atoms with E-state index in [0.29, 0.717) is 32.0 Å². The topological polar surface area (TPSA) is 69.6 Å². The minimum absolute atomic E-state index is 0.164. The van der Waals surface area contributed by atoms with Gasteiger partial charge in [-0.05, 0) is 37.8 Å². The van der Waals surface area contributed by atoms with Gasteiger partial charge >= 0.3 is 0 Å². The molecule has 126 valence electrons. The van der Waals surface area contributed by atoms with E-state index >= 15 is 0 Å². The highest BCUT2D eigenvalue weighted by Gasteiger charge is 2.25. The first-order valence-corrected chi connectivity index (χ1v) is 7.57. The molecule has 1 atom stereocenters. The Kier molecular flexibility index (Phi) is 5.65. The molecule has 0 spiro atoms. The Hall–Kier alpha value is -2.02. The Morgan fingerprint density at radius 3 is 2.35 bits per heavy atom. The number of carbonyl (C=O) groups is 2. The van der Waals surface area contributed by atoms with Gasteiger partial charge in [0.25, 0.3) is 5.91 Å². The number of carbonyl (C=O) groups excluding carboxylic acids is 2. The monoisotopic (exact) mass is 326 g/mol. The number of aliphatic hydroxyl groups is 1. The average molecular weight is 326 g/mol. The van der Waals surface area contributed by atoms with E-state index in [4.69, 9.17) is 0 Å². The standard InChI is InChI=1S/C16H20F2N2O3/c1-10(21)11-2-4-20(5-3-11)15(22)9-19-16(23)12-6-13(17)8-14(18)7-12/h6-8,10-11,21H,2-5,9H2,1H3,(H,19,23)/t10-/m0/s1. The highest BCUT2D eigenvalue weighted by molar-refractivity contribution is 5.96. The summed E-state index contributed by atoms with van der Waals surface area (Å²) in [5.74, 6) is -2.46. The van der Waals surface area contributed by atoms with Gasteiger partial charge in [0.2, 0.25) is 5.91 Å². The van der Waals surface area contributed by atoms with Crippen LogP contribution in [0.15, 0.2) is 18.2 Å². The van der Waals surface area contributed by atoms with Crippen molar-refractivity contribution in [3.63, 3.8) is 0 Å². The number of hydrogen-bond acceptors (Lipinski definition) is 3.